The molecule has 0 radical (unpaired) electrons. The maximum absolute atomic E-state index is 11.7. The van der Waals surface area contributed by atoms with Crippen molar-refractivity contribution in [2.75, 3.05) is 21.3 Å². The summed E-state index contributed by atoms with van der Waals surface area (Å²) in [5, 5.41) is 1.06. The van der Waals surface area contributed by atoms with Crippen molar-refractivity contribution in [3.05, 3.63) is 58.8 Å². The Kier molecular flexibility index (Phi) is 5.05. The standard InChI is InChI=1S/C24H25NO4/c1-25-13-16(14-26)23-19-8-6-5-7-17(18(19)9-10-20(23)25)15-11-21(27-2)24(29-4)22(12-15)28-3/h7,9-14H,5-6,8H2,1-4H3. The lowest BCUT2D eigenvalue weighted by Gasteiger charge is -2.17. The Hall–Kier alpha value is -3.21. The first-order chi connectivity index (χ1) is 14.1. The van der Waals surface area contributed by atoms with E-state index in [1.54, 1.807) is 21.3 Å². The van der Waals surface area contributed by atoms with Crippen LogP contribution in [0.4, 0.5) is 0 Å². The second kappa shape index (κ2) is 7.66. The number of aldehydes is 1. The molecule has 3 aromatic rings. The van der Waals surface area contributed by atoms with Gasteiger partial charge in [-0.2, -0.15) is 0 Å². The highest BCUT2D eigenvalue weighted by atomic mass is 16.5. The van der Waals surface area contributed by atoms with Crippen LogP contribution in [-0.4, -0.2) is 32.2 Å². The van der Waals surface area contributed by atoms with Crippen LogP contribution in [-0.2, 0) is 13.5 Å². The molecule has 1 aromatic heterocycles. The summed E-state index contributed by atoms with van der Waals surface area (Å²) >= 11 is 0. The van der Waals surface area contributed by atoms with E-state index >= 15 is 0 Å². The molecule has 1 heterocycles. The van der Waals surface area contributed by atoms with Gasteiger partial charge < -0.3 is 18.8 Å². The normalized spacial score (nSPS) is 13.4. The molecule has 0 N–H and O–H groups in total. The molecule has 0 saturated carbocycles. The van der Waals surface area contributed by atoms with E-state index in [9.17, 15) is 4.79 Å². The molecule has 2 aromatic carbocycles. The van der Waals surface area contributed by atoms with E-state index in [0.717, 1.165) is 58.7 Å². The molecule has 29 heavy (non-hydrogen) atoms. The van der Waals surface area contributed by atoms with Gasteiger partial charge in [0.2, 0.25) is 5.75 Å². The summed E-state index contributed by atoms with van der Waals surface area (Å²) in [5.74, 6) is 1.83. The molecular weight excluding hydrogens is 366 g/mol. The fourth-order valence-corrected chi connectivity index (χ4v) is 4.34. The molecule has 0 saturated heterocycles. The third kappa shape index (κ3) is 3.07. The molecule has 1 aliphatic carbocycles. The number of benzene rings is 2. The van der Waals surface area contributed by atoms with E-state index in [1.165, 1.54) is 5.56 Å². The smallest absolute Gasteiger partial charge is 0.203 e. The van der Waals surface area contributed by atoms with Gasteiger partial charge in [-0.1, -0.05) is 12.1 Å². The Labute approximate surface area is 170 Å². The van der Waals surface area contributed by atoms with Gasteiger partial charge in [-0.25, -0.2) is 0 Å². The molecular formula is C24H25NO4. The molecule has 5 heteroatoms. The fourth-order valence-electron chi connectivity index (χ4n) is 4.34. The van der Waals surface area contributed by atoms with Crippen LogP contribution in [0, 0.1) is 0 Å². The summed E-state index contributed by atoms with van der Waals surface area (Å²) in [5.41, 5.74) is 6.33. The van der Waals surface area contributed by atoms with Crippen molar-refractivity contribution < 1.29 is 19.0 Å². The van der Waals surface area contributed by atoms with Crippen LogP contribution in [0.15, 0.2) is 36.5 Å². The summed E-state index contributed by atoms with van der Waals surface area (Å²) in [7, 11) is 6.84. The molecule has 0 fully saturated rings. The van der Waals surface area contributed by atoms with E-state index < -0.39 is 0 Å². The van der Waals surface area contributed by atoms with Crippen LogP contribution in [0.2, 0.25) is 0 Å². The fraction of sp³-hybridized carbons (Fsp3) is 0.292. The van der Waals surface area contributed by atoms with Gasteiger partial charge in [-0.15, -0.1) is 0 Å². The topological polar surface area (TPSA) is 49.7 Å². The number of aromatic nitrogens is 1. The average Bonchev–Trinajstić information content (AvgIpc) is 2.94. The zero-order valence-corrected chi connectivity index (χ0v) is 17.2. The van der Waals surface area contributed by atoms with Crippen molar-refractivity contribution in [2.24, 2.45) is 7.05 Å². The number of hydrogen-bond donors (Lipinski definition) is 0. The number of carbonyl (C=O) groups is 1. The maximum Gasteiger partial charge on any atom is 0.203 e. The molecule has 1 aliphatic rings. The summed E-state index contributed by atoms with van der Waals surface area (Å²) in [6.07, 6.45) is 8.06. The zero-order valence-electron chi connectivity index (χ0n) is 17.2. The van der Waals surface area contributed by atoms with Gasteiger partial charge in [-0.05, 0) is 59.7 Å². The number of allylic oxidation sites excluding steroid dienone is 1. The van der Waals surface area contributed by atoms with Crippen LogP contribution in [0.3, 0.4) is 0 Å². The van der Waals surface area contributed by atoms with Crippen molar-refractivity contribution in [2.45, 2.75) is 19.3 Å². The molecule has 0 amide bonds. The Morgan fingerprint density at radius 3 is 2.38 bits per heavy atom. The number of hydrogen-bond acceptors (Lipinski definition) is 4. The number of carbonyl (C=O) groups excluding carboxylic acids is 1. The van der Waals surface area contributed by atoms with Crippen molar-refractivity contribution in [3.63, 3.8) is 0 Å². The lowest BCUT2D eigenvalue weighted by molar-refractivity contribution is 0.112. The quantitative estimate of drug-likeness (QED) is 0.587. The molecule has 0 aliphatic heterocycles. The molecule has 0 spiro atoms. The Morgan fingerprint density at radius 2 is 1.76 bits per heavy atom. The third-order valence-corrected chi connectivity index (χ3v) is 5.66. The van der Waals surface area contributed by atoms with E-state index in [1.807, 2.05) is 29.9 Å². The van der Waals surface area contributed by atoms with Gasteiger partial charge in [0.05, 0.1) is 21.3 Å². The minimum atomic E-state index is 0.579. The highest BCUT2D eigenvalue weighted by Crippen LogP contribution is 2.43. The largest absolute Gasteiger partial charge is 0.493 e. The Balaban J connectivity index is 1.97. The maximum atomic E-state index is 11.7. The SMILES string of the molecule is COc1cc(C2=CCCCc3c2ccc2c3c(C=O)cn2C)cc(OC)c1OC. The lowest BCUT2D eigenvalue weighted by Crippen LogP contribution is -1.99. The van der Waals surface area contributed by atoms with Crippen LogP contribution >= 0.6 is 0 Å². The number of fused-ring (bicyclic) bond motifs is 3. The Bertz CT molecular complexity index is 1100. The van der Waals surface area contributed by atoms with Gasteiger partial charge in [0.25, 0.3) is 0 Å². The highest BCUT2D eigenvalue weighted by Gasteiger charge is 2.22. The lowest BCUT2D eigenvalue weighted by atomic mass is 9.90. The van der Waals surface area contributed by atoms with Crippen molar-refractivity contribution in [1.29, 1.82) is 0 Å². The number of aryl methyl sites for hydroxylation is 2. The predicted molar refractivity (Wildman–Crippen MR) is 114 cm³/mol. The van der Waals surface area contributed by atoms with E-state index in [0.29, 0.717) is 17.2 Å². The minimum Gasteiger partial charge on any atom is -0.493 e. The van der Waals surface area contributed by atoms with Crippen LogP contribution in [0.5, 0.6) is 17.2 Å². The van der Waals surface area contributed by atoms with Crippen LogP contribution in [0.25, 0.3) is 16.5 Å². The molecule has 0 unspecified atom stereocenters. The van der Waals surface area contributed by atoms with Crippen molar-refractivity contribution in [3.8, 4) is 17.2 Å². The first kappa shape index (κ1) is 19.1. The third-order valence-electron chi connectivity index (χ3n) is 5.66. The van der Waals surface area contributed by atoms with E-state index in [2.05, 4.69) is 18.2 Å². The zero-order chi connectivity index (χ0) is 20.5. The highest BCUT2D eigenvalue weighted by molar-refractivity contribution is 6.02. The molecule has 4 rings (SSSR count). The number of nitrogens with zero attached hydrogens (tertiary/aromatic N) is 1. The summed E-state index contributed by atoms with van der Waals surface area (Å²) < 4.78 is 18.6. The number of rotatable bonds is 5. The second-order valence-electron chi connectivity index (χ2n) is 7.22. The monoisotopic (exact) mass is 391 g/mol. The van der Waals surface area contributed by atoms with Gasteiger partial charge in [0.15, 0.2) is 17.8 Å². The number of ether oxygens (including phenoxy) is 3. The first-order valence-electron chi connectivity index (χ1n) is 9.70. The van der Waals surface area contributed by atoms with E-state index in [-0.39, 0.29) is 0 Å². The second-order valence-corrected chi connectivity index (χ2v) is 7.22. The minimum absolute atomic E-state index is 0.579. The van der Waals surface area contributed by atoms with Crippen LogP contribution in [0.1, 0.15) is 39.9 Å². The Morgan fingerprint density at radius 1 is 1.03 bits per heavy atom. The van der Waals surface area contributed by atoms with Crippen molar-refractivity contribution in [1.82, 2.24) is 4.57 Å². The van der Waals surface area contributed by atoms with Gasteiger partial charge >= 0.3 is 0 Å². The van der Waals surface area contributed by atoms with Gasteiger partial charge in [-0.3, -0.25) is 4.79 Å². The summed E-state index contributed by atoms with van der Waals surface area (Å²) in [6, 6.07) is 8.22. The van der Waals surface area contributed by atoms with Gasteiger partial charge in [0, 0.05) is 29.7 Å². The predicted octanol–water partition coefficient (Wildman–Crippen LogP) is 4.78. The molecule has 0 atom stereocenters. The van der Waals surface area contributed by atoms with Crippen LogP contribution < -0.4 is 14.2 Å². The van der Waals surface area contributed by atoms with Gasteiger partial charge in [0.1, 0.15) is 0 Å². The number of methoxy groups -OCH3 is 3. The van der Waals surface area contributed by atoms with Crippen molar-refractivity contribution >= 4 is 22.8 Å². The average molecular weight is 391 g/mol. The summed E-state index contributed by atoms with van der Waals surface area (Å²) in [6.45, 7) is 0. The first-order valence-corrected chi connectivity index (χ1v) is 9.70. The molecule has 0 bridgehead atoms. The van der Waals surface area contributed by atoms with E-state index in [4.69, 9.17) is 14.2 Å². The molecule has 150 valence electrons. The molecule has 5 nitrogen and oxygen atoms in total. The summed E-state index contributed by atoms with van der Waals surface area (Å²) in [4.78, 5) is 11.7.